The molecule has 7 heteroatoms. The molecule has 1 rings (SSSR count). The highest BCUT2D eigenvalue weighted by Gasteiger charge is 2.25. The summed E-state index contributed by atoms with van der Waals surface area (Å²) in [4.78, 5) is 0.00488. The van der Waals surface area contributed by atoms with E-state index in [1.165, 1.54) is 17.4 Å². The van der Waals surface area contributed by atoms with Gasteiger partial charge in [0.15, 0.2) is 0 Å². The van der Waals surface area contributed by atoms with Crippen LogP contribution in [0.25, 0.3) is 0 Å². The average Bonchev–Trinajstić information content (AvgIpc) is 2.30. The molecule has 0 aromatic heterocycles. The lowest BCUT2D eigenvalue weighted by atomic mass is 10.2. The standard InChI is InChI=1S/C12H18Cl2N2O2S/c1-8(2)7-16(3)19(17,18)11-5-10(13)4-9(6-15)12(11)14/h4-5,8H,6-7,15H2,1-3H3. The molecule has 0 spiro atoms. The third-order valence-corrected chi connectivity index (χ3v) is 5.23. The lowest BCUT2D eigenvalue weighted by Gasteiger charge is -2.20. The van der Waals surface area contributed by atoms with E-state index in [1.807, 2.05) is 13.8 Å². The molecule has 0 heterocycles. The lowest BCUT2D eigenvalue weighted by molar-refractivity contribution is 0.417. The van der Waals surface area contributed by atoms with Gasteiger partial charge in [0.05, 0.1) is 5.02 Å². The second kappa shape index (κ2) is 6.41. The van der Waals surface area contributed by atoms with E-state index in [2.05, 4.69) is 0 Å². The largest absolute Gasteiger partial charge is 0.326 e. The van der Waals surface area contributed by atoms with E-state index in [0.717, 1.165) is 0 Å². The fraction of sp³-hybridized carbons (Fsp3) is 0.500. The van der Waals surface area contributed by atoms with Gasteiger partial charge in [0.2, 0.25) is 10.0 Å². The summed E-state index contributed by atoms with van der Waals surface area (Å²) < 4.78 is 26.2. The molecule has 19 heavy (non-hydrogen) atoms. The lowest BCUT2D eigenvalue weighted by Crippen LogP contribution is -2.30. The van der Waals surface area contributed by atoms with Crippen LogP contribution in [0.4, 0.5) is 0 Å². The normalized spacial score (nSPS) is 12.4. The summed E-state index contributed by atoms with van der Waals surface area (Å²) >= 11 is 12.0. The van der Waals surface area contributed by atoms with E-state index in [9.17, 15) is 8.42 Å². The third kappa shape index (κ3) is 3.83. The van der Waals surface area contributed by atoms with Gasteiger partial charge < -0.3 is 5.73 Å². The Kier molecular flexibility index (Phi) is 5.65. The van der Waals surface area contributed by atoms with E-state index in [-0.39, 0.29) is 22.4 Å². The first-order valence-electron chi connectivity index (χ1n) is 5.84. The maximum atomic E-state index is 12.5. The Morgan fingerprint density at radius 2 is 1.89 bits per heavy atom. The van der Waals surface area contributed by atoms with Crippen molar-refractivity contribution in [2.75, 3.05) is 13.6 Å². The summed E-state index contributed by atoms with van der Waals surface area (Å²) in [5, 5.41) is 0.448. The van der Waals surface area contributed by atoms with Gasteiger partial charge in [-0.25, -0.2) is 12.7 Å². The van der Waals surface area contributed by atoms with Crippen molar-refractivity contribution in [3.8, 4) is 0 Å². The van der Waals surface area contributed by atoms with Crippen LogP contribution in [-0.4, -0.2) is 26.3 Å². The summed E-state index contributed by atoms with van der Waals surface area (Å²) in [6.07, 6.45) is 0. The monoisotopic (exact) mass is 324 g/mol. The molecule has 2 N–H and O–H groups in total. The zero-order valence-electron chi connectivity index (χ0n) is 11.2. The van der Waals surface area contributed by atoms with Crippen LogP contribution in [-0.2, 0) is 16.6 Å². The highest BCUT2D eigenvalue weighted by Crippen LogP contribution is 2.31. The Morgan fingerprint density at radius 1 is 1.32 bits per heavy atom. The SMILES string of the molecule is CC(C)CN(C)S(=O)(=O)c1cc(Cl)cc(CN)c1Cl. The van der Waals surface area contributed by atoms with Crippen molar-refractivity contribution in [1.29, 1.82) is 0 Å². The number of halogens is 2. The molecule has 0 bridgehead atoms. The van der Waals surface area contributed by atoms with E-state index in [0.29, 0.717) is 17.1 Å². The Labute approximate surface area is 124 Å². The Hall–Kier alpha value is -0.330. The van der Waals surface area contributed by atoms with Gasteiger partial charge in [-0.2, -0.15) is 0 Å². The summed E-state index contributed by atoms with van der Waals surface area (Å²) in [6.45, 7) is 4.42. The van der Waals surface area contributed by atoms with Gasteiger partial charge in [0, 0.05) is 25.2 Å². The molecule has 4 nitrogen and oxygen atoms in total. The molecule has 0 amide bonds. The fourth-order valence-electron chi connectivity index (χ4n) is 1.73. The van der Waals surface area contributed by atoms with Crippen molar-refractivity contribution in [1.82, 2.24) is 4.31 Å². The molecule has 0 saturated heterocycles. The van der Waals surface area contributed by atoms with Crippen molar-refractivity contribution in [2.45, 2.75) is 25.3 Å². The number of benzene rings is 1. The van der Waals surface area contributed by atoms with E-state index >= 15 is 0 Å². The number of rotatable bonds is 5. The minimum Gasteiger partial charge on any atom is -0.326 e. The summed E-state index contributed by atoms with van der Waals surface area (Å²) in [6, 6.07) is 2.93. The topological polar surface area (TPSA) is 63.4 Å². The Morgan fingerprint density at radius 3 is 2.37 bits per heavy atom. The molecule has 0 unspecified atom stereocenters. The number of nitrogens with two attached hydrogens (primary N) is 1. The number of sulfonamides is 1. The van der Waals surface area contributed by atoms with Crippen molar-refractivity contribution in [3.05, 3.63) is 27.7 Å². The molecule has 0 fully saturated rings. The molecule has 108 valence electrons. The average molecular weight is 325 g/mol. The minimum atomic E-state index is -3.66. The number of hydrogen-bond donors (Lipinski definition) is 1. The summed E-state index contributed by atoms with van der Waals surface area (Å²) in [7, 11) is -2.14. The highest BCUT2D eigenvalue weighted by atomic mass is 35.5. The predicted octanol–water partition coefficient (Wildman–Crippen LogP) is 2.73. The maximum absolute atomic E-state index is 12.5. The first kappa shape index (κ1) is 16.7. The van der Waals surface area contributed by atoms with E-state index < -0.39 is 10.0 Å². The Balaban J connectivity index is 3.32. The fourth-order valence-corrected chi connectivity index (χ4v) is 3.98. The molecule has 0 saturated carbocycles. The van der Waals surface area contributed by atoms with Gasteiger partial charge in [0.1, 0.15) is 4.90 Å². The van der Waals surface area contributed by atoms with E-state index in [4.69, 9.17) is 28.9 Å². The molecular weight excluding hydrogens is 307 g/mol. The summed E-state index contributed by atoms with van der Waals surface area (Å²) in [5.41, 5.74) is 6.06. The highest BCUT2D eigenvalue weighted by molar-refractivity contribution is 7.89. The maximum Gasteiger partial charge on any atom is 0.244 e. The van der Waals surface area contributed by atoms with E-state index in [1.54, 1.807) is 6.07 Å². The van der Waals surface area contributed by atoms with Gasteiger partial charge in [-0.05, 0) is 23.6 Å². The van der Waals surface area contributed by atoms with Crippen molar-refractivity contribution < 1.29 is 8.42 Å². The van der Waals surface area contributed by atoms with Crippen LogP contribution in [0.5, 0.6) is 0 Å². The van der Waals surface area contributed by atoms with Crippen molar-refractivity contribution in [2.24, 2.45) is 11.7 Å². The third-order valence-electron chi connectivity index (χ3n) is 2.61. The van der Waals surface area contributed by atoms with Gasteiger partial charge in [0.25, 0.3) is 0 Å². The first-order valence-corrected chi connectivity index (χ1v) is 8.04. The smallest absolute Gasteiger partial charge is 0.244 e. The van der Waals surface area contributed by atoms with Crippen LogP contribution in [0, 0.1) is 5.92 Å². The van der Waals surface area contributed by atoms with Crippen molar-refractivity contribution in [3.63, 3.8) is 0 Å². The molecule has 1 aromatic rings. The zero-order valence-corrected chi connectivity index (χ0v) is 13.5. The predicted molar refractivity (Wildman–Crippen MR) is 79.0 cm³/mol. The van der Waals surface area contributed by atoms with Crippen LogP contribution in [0.1, 0.15) is 19.4 Å². The van der Waals surface area contributed by atoms with Crippen LogP contribution >= 0.6 is 23.2 Å². The first-order chi connectivity index (χ1) is 8.70. The quantitative estimate of drug-likeness (QED) is 0.905. The van der Waals surface area contributed by atoms with Crippen LogP contribution in [0.3, 0.4) is 0 Å². The van der Waals surface area contributed by atoms with Gasteiger partial charge in [-0.15, -0.1) is 0 Å². The second-order valence-electron chi connectivity index (χ2n) is 4.76. The molecular formula is C12H18Cl2N2O2S. The van der Waals surface area contributed by atoms with Crippen LogP contribution in [0.15, 0.2) is 17.0 Å². The van der Waals surface area contributed by atoms with Crippen LogP contribution < -0.4 is 5.73 Å². The van der Waals surface area contributed by atoms with Crippen molar-refractivity contribution >= 4 is 33.2 Å². The molecule has 0 radical (unpaired) electrons. The molecule has 0 aliphatic heterocycles. The number of nitrogens with zero attached hydrogens (tertiary/aromatic N) is 1. The molecule has 0 atom stereocenters. The second-order valence-corrected chi connectivity index (χ2v) is 7.59. The molecule has 0 aliphatic carbocycles. The zero-order chi connectivity index (χ0) is 14.8. The van der Waals surface area contributed by atoms with Gasteiger partial charge in [-0.1, -0.05) is 37.0 Å². The minimum absolute atomic E-state index is 0.00488. The van der Waals surface area contributed by atoms with Gasteiger partial charge in [-0.3, -0.25) is 0 Å². The number of hydrogen-bond acceptors (Lipinski definition) is 3. The molecule has 1 aromatic carbocycles. The van der Waals surface area contributed by atoms with Gasteiger partial charge >= 0.3 is 0 Å². The Bertz CT molecular complexity index is 559. The van der Waals surface area contributed by atoms with Crippen LogP contribution in [0.2, 0.25) is 10.0 Å². The molecule has 0 aliphatic rings. The summed E-state index contributed by atoms with van der Waals surface area (Å²) in [5.74, 6) is 0.215.